The van der Waals surface area contributed by atoms with Crippen molar-refractivity contribution in [3.05, 3.63) is 36.2 Å². The molecule has 0 unspecified atom stereocenters. The molecule has 0 spiro atoms. The van der Waals surface area contributed by atoms with E-state index < -0.39 is 0 Å². The summed E-state index contributed by atoms with van der Waals surface area (Å²) in [7, 11) is 1.86. The van der Waals surface area contributed by atoms with Gasteiger partial charge in [-0.1, -0.05) is 0 Å². The summed E-state index contributed by atoms with van der Waals surface area (Å²) in [6, 6.07) is 1.91. The van der Waals surface area contributed by atoms with E-state index >= 15 is 0 Å². The molecule has 0 amide bonds. The van der Waals surface area contributed by atoms with Crippen LogP contribution in [0.4, 0.5) is 0 Å². The van der Waals surface area contributed by atoms with Crippen LogP contribution in [-0.4, -0.2) is 25.6 Å². The average Bonchev–Trinajstić information content (AvgIpc) is 2.76. The maximum atomic E-state index is 10.6. The summed E-state index contributed by atoms with van der Waals surface area (Å²) in [6.45, 7) is 0.578. The second kappa shape index (κ2) is 3.45. The second-order valence-corrected chi connectivity index (χ2v) is 3.01. The smallest absolute Gasteiger partial charge is 0.185 e. The number of nitrogens with zero attached hydrogens (tertiary/aromatic N) is 4. The Morgan fingerprint density at radius 2 is 2.36 bits per heavy atom. The number of rotatable bonds is 3. The quantitative estimate of drug-likeness (QED) is 0.661. The highest BCUT2D eigenvalue weighted by atomic mass is 16.1. The molecule has 0 aliphatic rings. The predicted octanol–water partition coefficient (Wildman–Crippen LogP) is 0.477. The van der Waals surface area contributed by atoms with E-state index in [-0.39, 0.29) is 0 Å². The molecular formula is C9H10N4O. The van der Waals surface area contributed by atoms with E-state index in [0.29, 0.717) is 12.4 Å². The lowest BCUT2D eigenvalue weighted by molar-refractivity contribution is 0.111. The van der Waals surface area contributed by atoms with Gasteiger partial charge in [0.1, 0.15) is 0 Å². The third-order valence-corrected chi connectivity index (χ3v) is 1.95. The molecule has 0 saturated heterocycles. The number of imidazole rings is 1. The summed E-state index contributed by atoms with van der Waals surface area (Å²) < 4.78 is 3.49. The van der Waals surface area contributed by atoms with Gasteiger partial charge in [-0.3, -0.25) is 9.48 Å². The number of aldehydes is 1. The molecule has 72 valence electrons. The van der Waals surface area contributed by atoms with Gasteiger partial charge in [0.25, 0.3) is 0 Å². The van der Waals surface area contributed by atoms with Crippen molar-refractivity contribution in [2.45, 2.75) is 6.54 Å². The molecule has 5 nitrogen and oxygen atoms in total. The number of hydrogen-bond donors (Lipinski definition) is 0. The van der Waals surface area contributed by atoms with Gasteiger partial charge in [0.05, 0.1) is 12.2 Å². The zero-order valence-corrected chi connectivity index (χ0v) is 7.79. The van der Waals surface area contributed by atoms with E-state index in [2.05, 4.69) is 10.1 Å². The normalized spacial score (nSPS) is 10.4. The minimum absolute atomic E-state index is 0.427. The van der Waals surface area contributed by atoms with Gasteiger partial charge in [-0.25, -0.2) is 4.98 Å². The fraction of sp³-hybridized carbons (Fsp3) is 0.222. The van der Waals surface area contributed by atoms with Crippen LogP contribution < -0.4 is 0 Å². The van der Waals surface area contributed by atoms with Crippen LogP contribution in [0.15, 0.2) is 24.7 Å². The van der Waals surface area contributed by atoms with E-state index in [0.717, 1.165) is 12.0 Å². The fourth-order valence-electron chi connectivity index (χ4n) is 1.29. The molecule has 0 radical (unpaired) electrons. The molecule has 0 atom stereocenters. The Morgan fingerprint density at radius 3 is 3.00 bits per heavy atom. The largest absolute Gasteiger partial charge is 0.323 e. The van der Waals surface area contributed by atoms with Crippen LogP contribution in [0.5, 0.6) is 0 Å². The van der Waals surface area contributed by atoms with Gasteiger partial charge in [0.15, 0.2) is 12.1 Å². The minimum Gasteiger partial charge on any atom is -0.323 e. The molecule has 0 aliphatic heterocycles. The van der Waals surface area contributed by atoms with Crippen LogP contribution >= 0.6 is 0 Å². The predicted molar refractivity (Wildman–Crippen MR) is 49.9 cm³/mol. The molecule has 0 bridgehead atoms. The molecule has 0 N–H and O–H groups in total. The molecule has 2 rings (SSSR count). The van der Waals surface area contributed by atoms with Crippen molar-refractivity contribution in [2.24, 2.45) is 7.05 Å². The van der Waals surface area contributed by atoms with Gasteiger partial charge in [-0.05, 0) is 6.07 Å². The lowest BCUT2D eigenvalue weighted by Gasteiger charge is -1.99. The summed E-state index contributed by atoms with van der Waals surface area (Å²) in [5.74, 6) is 0.427. The summed E-state index contributed by atoms with van der Waals surface area (Å²) in [5, 5.41) is 4.21. The Labute approximate surface area is 81.0 Å². The number of hydrogen-bond acceptors (Lipinski definition) is 3. The van der Waals surface area contributed by atoms with E-state index in [1.807, 2.05) is 19.3 Å². The lowest BCUT2D eigenvalue weighted by Crippen LogP contribution is -2.04. The Hall–Kier alpha value is -1.91. The third kappa shape index (κ3) is 1.56. The Kier molecular flexibility index (Phi) is 2.14. The van der Waals surface area contributed by atoms with E-state index in [9.17, 15) is 4.79 Å². The number of carbonyl (C=O) groups excluding carboxylic acids is 1. The van der Waals surface area contributed by atoms with Gasteiger partial charge in [0.2, 0.25) is 0 Å². The van der Waals surface area contributed by atoms with E-state index in [4.69, 9.17) is 0 Å². The summed E-state index contributed by atoms with van der Waals surface area (Å²) in [4.78, 5) is 14.5. The van der Waals surface area contributed by atoms with E-state index in [1.165, 1.54) is 0 Å². The zero-order valence-electron chi connectivity index (χ0n) is 7.79. The zero-order chi connectivity index (χ0) is 9.97. The second-order valence-electron chi connectivity index (χ2n) is 3.01. The van der Waals surface area contributed by atoms with Gasteiger partial charge in [-0.2, -0.15) is 5.10 Å². The van der Waals surface area contributed by atoms with Crippen molar-refractivity contribution < 1.29 is 4.79 Å². The van der Waals surface area contributed by atoms with Gasteiger partial charge < -0.3 is 4.57 Å². The van der Waals surface area contributed by atoms with Crippen molar-refractivity contribution >= 4 is 6.29 Å². The van der Waals surface area contributed by atoms with Gasteiger partial charge in [0, 0.05) is 25.6 Å². The average molecular weight is 190 g/mol. The van der Waals surface area contributed by atoms with Crippen LogP contribution in [0.25, 0.3) is 0 Å². The topological polar surface area (TPSA) is 52.7 Å². The maximum absolute atomic E-state index is 10.6. The summed E-state index contributed by atoms with van der Waals surface area (Å²) >= 11 is 0. The first kappa shape index (κ1) is 8.68. The van der Waals surface area contributed by atoms with Crippen LogP contribution in [-0.2, 0) is 13.6 Å². The van der Waals surface area contributed by atoms with Crippen molar-refractivity contribution in [1.82, 2.24) is 19.3 Å². The van der Waals surface area contributed by atoms with Crippen LogP contribution in [0.3, 0.4) is 0 Å². The van der Waals surface area contributed by atoms with Crippen molar-refractivity contribution in [1.29, 1.82) is 0 Å². The number of carbonyl (C=O) groups is 1. The fourth-order valence-corrected chi connectivity index (χ4v) is 1.29. The highest BCUT2D eigenvalue weighted by molar-refractivity contribution is 5.69. The summed E-state index contributed by atoms with van der Waals surface area (Å²) in [5.41, 5.74) is 0.911. The molecule has 2 aromatic rings. The Morgan fingerprint density at radius 1 is 1.50 bits per heavy atom. The van der Waals surface area contributed by atoms with Crippen LogP contribution in [0.2, 0.25) is 0 Å². The maximum Gasteiger partial charge on any atom is 0.185 e. The number of aromatic nitrogens is 4. The molecule has 0 fully saturated rings. The first-order chi connectivity index (χ1) is 6.79. The van der Waals surface area contributed by atoms with Crippen molar-refractivity contribution in [2.75, 3.05) is 0 Å². The van der Waals surface area contributed by atoms with Gasteiger partial charge in [-0.15, -0.1) is 0 Å². The first-order valence-electron chi connectivity index (χ1n) is 4.24. The minimum atomic E-state index is 0.427. The van der Waals surface area contributed by atoms with Crippen LogP contribution in [0.1, 0.15) is 16.3 Å². The molecule has 2 aromatic heterocycles. The standard InChI is InChI=1S/C9H10N4O/c1-12-4-2-8(11-12)6-13-5-3-10-9(13)7-14/h2-5,7H,6H2,1H3. The molecule has 2 heterocycles. The molecule has 0 aliphatic carbocycles. The Bertz CT molecular complexity index is 443. The molecule has 5 heteroatoms. The van der Waals surface area contributed by atoms with E-state index in [1.54, 1.807) is 21.6 Å². The molecule has 14 heavy (non-hydrogen) atoms. The van der Waals surface area contributed by atoms with Crippen LogP contribution in [0, 0.1) is 0 Å². The van der Waals surface area contributed by atoms with Gasteiger partial charge >= 0.3 is 0 Å². The summed E-state index contributed by atoms with van der Waals surface area (Å²) in [6.07, 6.45) is 5.97. The van der Waals surface area contributed by atoms with Crippen molar-refractivity contribution in [3.8, 4) is 0 Å². The first-order valence-corrected chi connectivity index (χ1v) is 4.24. The highest BCUT2D eigenvalue weighted by Gasteiger charge is 2.03. The monoisotopic (exact) mass is 190 g/mol. The third-order valence-electron chi connectivity index (χ3n) is 1.95. The molecular weight excluding hydrogens is 180 g/mol. The van der Waals surface area contributed by atoms with Crippen molar-refractivity contribution in [3.63, 3.8) is 0 Å². The number of aryl methyl sites for hydroxylation is 1. The lowest BCUT2D eigenvalue weighted by atomic mass is 10.4. The molecule has 0 aromatic carbocycles. The molecule has 0 saturated carbocycles. The SMILES string of the molecule is Cn1ccc(Cn2ccnc2C=O)n1. The highest BCUT2D eigenvalue weighted by Crippen LogP contribution is 2.01. The Balaban J connectivity index is 2.22.